The molecule has 0 saturated carbocycles. The Labute approximate surface area is 295 Å². The van der Waals surface area contributed by atoms with Gasteiger partial charge in [-0.25, -0.2) is 9.97 Å². The minimum Gasteiger partial charge on any atom is -0.309 e. The summed E-state index contributed by atoms with van der Waals surface area (Å²) in [5, 5.41) is 7.22. The quantitative estimate of drug-likeness (QED) is 0.174. The Morgan fingerprint density at radius 3 is 1.63 bits per heavy atom. The van der Waals surface area contributed by atoms with E-state index in [0.717, 1.165) is 68.8 Å². The lowest BCUT2D eigenvalue weighted by Crippen LogP contribution is -2.02. The van der Waals surface area contributed by atoms with Crippen molar-refractivity contribution in [1.29, 1.82) is 0 Å². The topological polar surface area (TPSA) is 43.6 Å². The van der Waals surface area contributed by atoms with Crippen LogP contribution in [-0.2, 0) is 0 Å². The zero-order chi connectivity index (χ0) is 33.7. The molecule has 0 atom stereocenters. The molecule has 240 valence electrons. The molecule has 0 radical (unpaired) electrons. The van der Waals surface area contributed by atoms with E-state index in [-0.39, 0.29) is 0 Å². The molecule has 0 N–H and O–H groups in total. The molecule has 1 aliphatic carbocycles. The molecule has 0 fully saturated rings. The summed E-state index contributed by atoms with van der Waals surface area (Å²) in [6.45, 7) is 0. The Morgan fingerprint density at radius 2 is 1.04 bits per heavy atom. The number of hydrogen-bond donors (Lipinski definition) is 0. The monoisotopic (exact) mass is 652 g/mol. The van der Waals surface area contributed by atoms with Crippen LogP contribution in [0.2, 0.25) is 0 Å². The van der Waals surface area contributed by atoms with Crippen LogP contribution in [0.3, 0.4) is 0 Å². The maximum absolute atomic E-state index is 5.35. The van der Waals surface area contributed by atoms with Gasteiger partial charge in [0.2, 0.25) is 0 Å². The maximum atomic E-state index is 5.35. The van der Waals surface area contributed by atoms with Crippen molar-refractivity contribution < 1.29 is 0 Å². The Morgan fingerprint density at radius 1 is 0.490 bits per heavy atom. The van der Waals surface area contributed by atoms with Crippen molar-refractivity contribution in [2.75, 3.05) is 0 Å². The number of benzene rings is 6. The van der Waals surface area contributed by atoms with Crippen LogP contribution in [-0.4, -0.2) is 19.5 Å². The largest absolute Gasteiger partial charge is 0.309 e. The summed E-state index contributed by atoms with van der Waals surface area (Å²) < 4.78 is 2.35. The van der Waals surface area contributed by atoms with E-state index >= 15 is 0 Å². The van der Waals surface area contributed by atoms with E-state index < -0.39 is 0 Å². The third-order valence-corrected chi connectivity index (χ3v) is 10.2. The number of para-hydroxylation sites is 2. The van der Waals surface area contributed by atoms with Gasteiger partial charge in [-0.05, 0) is 93.6 Å². The molecule has 4 heteroatoms. The molecule has 3 aromatic heterocycles. The number of rotatable bonds is 5. The van der Waals surface area contributed by atoms with Crippen molar-refractivity contribution in [3.63, 3.8) is 0 Å². The second-order valence-corrected chi connectivity index (χ2v) is 13.1. The first-order chi connectivity index (χ1) is 25.3. The molecule has 0 amide bonds. The predicted molar refractivity (Wildman–Crippen MR) is 212 cm³/mol. The van der Waals surface area contributed by atoms with Crippen LogP contribution in [0.1, 0.15) is 18.7 Å². The minimum atomic E-state index is 0.782. The third kappa shape index (κ3) is 4.87. The average Bonchev–Trinajstić information content (AvgIpc) is 3.55. The molecule has 0 unspecified atom stereocenters. The van der Waals surface area contributed by atoms with E-state index in [1.54, 1.807) is 0 Å². The lowest BCUT2D eigenvalue weighted by molar-refractivity contribution is 1.01. The van der Waals surface area contributed by atoms with E-state index in [9.17, 15) is 0 Å². The number of pyridine rings is 1. The van der Waals surface area contributed by atoms with Gasteiger partial charge in [0, 0.05) is 40.0 Å². The van der Waals surface area contributed by atoms with Gasteiger partial charge >= 0.3 is 0 Å². The number of nitrogens with zero attached hydrogens (tertiary/aromatic N) is 4. The highest BCUT2D eigenvalue weighted by molar-refractivity contribution is 6.21. The molecule has 3 heterocycles. The molecule has 0 aliphatic heterocycles. The Hall–Kier alpha value is -6.65. The van der Waals surface area contributed by atoms with Gasteiger partial charge in [0.05, 0.1) is 22.4 Å². The van der Waals surface area contributed by atoms with Crippen molar-refractivity contribution in [3.05, 3.63) is 176 Å². The molecule has 9 aromatic rings. The van der Waals surface area contributed by atoms with Crippen molar-refractivity contribution in [3.8, 4) is 39.3 Å². The van der Waals surface area contributed by atoms with Crippen LogP contribution in [0.4, 0.5) is 0 Å². The van der Waals surface area contributed by atoms with Gasteiger partial charge in [0.15, 0.2) is 5.82 Å². The van der Waals surface area contributed by atoms with Crippen LogP contribution in [0, 0.1) is 0 Å². The SMILES string of the molecule is C1=CCCC(c2nc(-c3ccc(-n4c5ccccc5c5ccccc54)cc3)cc(-c3c4ccccc4c(-c4ccncc4)c4ccccc34)n2)=C1. The summed E-state index contributed by atoms with van der Waals surface area (Å²) in [4.78, 5) is 14.9. The second kappa shape index (κ2) is 12.0. The number of fused-ring (bicyclic) bond motifs is 5. The second-order valence-electron chi connectivity index (χ2n) is 13.1. The van der Waals surface area contributed by atoms with Gasteiger partial charge in [-0.3, -0.25) is 4.98 Å². The molecule has 0 spiro atoms. The Balaban J connectivity index is 1.19. The highest BCUT2D eigenvalue weighted by Gasteiger charge is 2.20. The summed E-state index contributed by atoms with van der Waals surface area (Å²) in [7, 11) is 0. The van der Waals surface area contributed by atoms with Crippen molar-refractivity contribution in [2.45, 2.75) is 12.8 Å². The molecule has 1 aliphatic rings. The zero-order valence-electron chi connectivity index (χ0n) is 27.9. The van der Waals surface area contributed by atoms with E-state index in [1.807, 2.05) is 12.4 Å². The zero-order valence-corrected chi connectivity index (χ0v) is 27.9. The Kier molecular flexibility index (Phi) is 6.91. The molecule has 0 saturated heterocycles. The fourth-order valence-corrected chi connectivity index (χ4v) is 7.87. The minimum absolute atomic E-state index is 0.782. The maximum Gasteiger partial charge on any atom is 0.156 e. The normalized spacial score (nSPS) is 13.0. The molecular formula is C47H32N4. The molecule has 10 rings (SSSR count). The summed E-state index contributed by atoms with van der Waals surface area (Å²) >= 11 is 0. The molecule has 51 heavy (non-hydrogen) atoms. The van der Waals surface area contributed by atoms with Crippen molar-refractivity contribution in [2.24, 2.45) is 0 Å². The molecule has 0 bridgehead atoms. The first-order valence-corrected chi connectivity index (χ1v) is 17.5. The first-order valence-electron chi connectivity index (χ1n) is 17.5. The van der Waals surface area contributed by atoms with E-state index in [0.29, 0.717) is 0 Å². The first kappa shape index (κ1) is 29.3. The van der Waals surface area contributed by atoms with Crippen LogP contribution >= 0.6 is 0 Å². The molecular weight excluding hydrogens is 621 g/mol. The summed E-state index contributed by atoms with van der Waals surface area (Å²) in [5.41, 5.74) is 11.0. The summed E-state index contributed by atoms with van der Waals surface area (Å²) in [6.07, 6.45) is 12.1. The third-order valence-electron chi connectivity index (χ3n) is 10.2. The van der Waals surface area contributed by atoms with Gasteiger partial charge in [-0.2, -0.15) is 0 Å². The standard InChI is InChI=1S/C47H32N4/c1-2-12-33(13-3-1)47-49-41(31-22-24-34(25-23-31)51-43-20-10-8-14-35(43)36-15-9-11-21-44(36)51)30-42(50-47)46-39-18-6-4-16-37(39)45(32-26-28-48-29-27-32)38-17-5-7-19-40(38)46/h1-2,4-12,14-30H,3,13H2. The predicted octanol–water partition coefficient (Wildman–Crippen LogP) is 12.0. The number of aromatic nitrogens is 4. The van der Waals surface area contributed by atoms with E-state index in [1.165, 1.54) is 38.1 Å². The fraction of sp³-hybridized carbons (Fsp3) is 0.0426. The molecule has 6 aromatic carbocycles. The van der Waals surface area contributed by atoms with Gasteiger partial charge in [0.1, 0.15) is 0 Å². The van der Waals surface area contributed by atoms with Gasteiger partial charge in [-0.1, -0.05) is 115 Å². The highest BCUT2D eigenvalue weighted by atomic mass is 15.0. The van der Waals surface area contributed by atoms with Crippen LogP contribution in [0.5, 0.6) is 0 Å². The van der Waals surface area contributed by atoms with Crippen LogP contribution in [0.25, 0.3) is 88.3 Å². The number of hydrogen-bond acceptors (Lipinski definition) is 3. The fourth-order valence-electron chi connectivity index (χ4n) is 7.87. The summed E-state index contributed by atoms with van der Waals surface area (Å²) in [5.74, 6) is 0.782. The number of allylic oxidation sites excluding steroid dienone is 4. The highest BCUT2D eigenvalue weighted by Crippen LogP contribution is 2.44. The Bertz CT molecular complexity index is 2730. The lowest BCUT2D eigenvalue weighted by atomic mass is 9.87. The van der Waals surface area contributed by atoms with E-state index in [4.69, 9.17) is 9.97 Å². The van der Waals surface area contributed by atoms with Gasteiger partial charge in [0.25, 0.3) is 0 Å². The lowest BCUT2D eigenvalue weighted by Gasteiger charge is -2.18. The summed E-state index contributed by atoms with van der Waals surface area (Å²) in [6, 6.07) is 49.9. The van der Waals surface area contributed by atoms with Crippen molar-refractivity contribution in [1.82, 2.24) is 19.5 Å². The smallest absolute Gasteiger partial charge is 0.156 e. The van der Waals surface area contributed by atoms with Crippen molar-refractivity contribution >= 4 is 48.9 Å². The van der Waals surface area contributed by atoms with Gasteiger partial charge in [-0.15, -0.1) is 0 Å². The van der Waals surface area contributed by atoms with Crippen LogP contribution < -0.4 is 0 Å². The van der Waals surface area contributed by atoms with Crippen LogP contribution in [0.15, 0.2) is 170 Å². The van der Waals surface area contributed by atoms with Gasteiger partial charge < -0.3 is 4.57 Å². The average molecular weight is 653 g/mol. The van der Waals surface area contributed by atoms with E-state index in [2.05, 4.69) is 167 Å². The molecule has 4 nitrogen and oxygen atoms in total.